The molecule has 0 radical (unpaired) electrons. The largest absolute Gasteiger partial charge is 0.294 e. The van der Waals surface area contributed by atoms with E-state index in [0.29, 0.717) is 12.2 Å². The molecule has 74 valence electrons. The summed E-state index contributed by atoms with van der Waals surface area (Å²) in [6.07, 6.45) is 1.59. The van der Waals surface area contributed by atoms with Gasteiger partial charge in [0.2, 0.25) is 0 Å². The zero-order valence-corrected chi connectivity index (χ0v) is 8.71. The van der Waals surface area contributed by atoms with Crippen LogP contribution in [0.1, 0.15) is 27.9 Å². The molecule has 0 saturated carbocycles. The highest BCUT2D eigenvalue weighted by molar-refractivity contribution is 6.06. The Labute approximate surface area is 88.7 Å². The maximum atomic E-state index is 11.7. The van der Waals surface area contributed by atoms with E-state index in [-0.39, 0.29) is 0 Å². The Balaban J connectivity index is 2.48. The highest BCUT2D eigenvalue weighted by Crippen LogP contribution is 2.31. The van der Waals surface area contributed by atoms with Crippen LogP contribution in [0.15, 0.2) is 30.3 Å². The van der Waals surface area contributed by atoms with Crippen molar-refractivity contribution in [2.45, 2.75) is 19.8 Å². The van der Waals surface area contributed by atoms with Gasteiger partial charge in [-0.25, -0.2) is 0 Å². The first-order chi connectivity index (χ1) is 7.27. The van der Waals surface area contributed by atoms with E-state index >= 15 is 0 Å². The summed E-state index contributed by atoms with van der Waals surface area (Å²) in [6.45, 7) is 2.08. The second kappa shape index (κ2) is 2.93. The zero-order chi connectivity index (χ0) is 10.4. The van der Waals surface area contributed by atoms with Gasteiger partial charge in [0.15, 0.2) is 5.78 Å². The van der Waals surface area contributed by atoms with Crippen LogP contribution in [-0.4, -0.2) is 5.78 Å². The van der Waals surface area contributed by atoms with E-state index in [1.54, 1.807) is 0 Å². The molecule has 0 amide bonds. The van der Waals surface area contributed by atoms with Crippen LogP contribution in [0, 0.1) is 6.92 Å². The molecule has 0 bridgehead atoms. The summed E-state index contributed by atoms with van der Waals surface area (Å²) in [5.41, 5.74) is 3.41. The molecule has 1 heteroatoms. The van der Waals surface area contributed by atoms with Crippen molar-refractivity contribution >= 4 is 16.6 Å². The van der Waals surface area contributed by atoms with E-state index in [1.165, 1.54) is 21.9 Å². The van der Waals surface area contributed by atoms with Crippen molar-refractivity contribution in [3.8, 4) is 0 Å². The summed E-state index contributed by atoms with van der Waals surface area (Å²) in [6, 6.07) is 10.4. The van der Waals surface area contributed by atoms with Crippen molar-refractivity contribution in [2.75, 3.05) is 0 Å². The molecule has 1 nitrogen and oxygen atoms in total. The smallest absolute Gasteiger partial charge is 0.163 e. The number of hydrogen-bond donors (Lipinski definition) is 0. The third-order valence-corrected chi connectivity index (χ3v) is 3.27. The third-order valence-electron chi connectivity index (χ3n) is 3.27. The van der Waals surface area contributed by atoms with Crippen LogP contribution in [-0.2, 0) is 6.42 Å². The van der Waals surface area contributed by atoms with Gasteiger partial charge in [-0.1, -0.05) is 24.3 Å². The van der Waals surface area contributed by atoms with Gasteiger partial charge in [-0.15, -0.1) is 0 Å². The number of aryl methyl sites for hydroxylation is 2. The Kier molecular flexibility index (Phi) is 1.69. The van der Waals surface area contributed by atoms with Crippen LogP contribution >= 0.6 is 0 Å². The minimum atomic E-state index is 0.304. The normalized spacial score (nSPS) is 14.6. The van der Waals surface area contributed by atoms with Crippen LogP contribution in [0.4, 0.5) is 0 Å². The fraction of sp³-hybridized carbons (Fsp3) is 0.214. The molecule has 2 aromatic carbocycles. The number of benzene rings is 2. The van der Waals surface area contributed by atoms with Gasteiger partial charge in [-0.05, 0) is 41.3 Å². The second-order valence-electron chi connectivity index (χ2n) is 4.19. The van der Waals surface area contributed by atoms with E-state index in [4.69, 9.17) is 0 Å². The van der Waals surface area contributed by atoms with Crippen molar-refractivity contribution < 1.29 is 4.79 Å². The minimum absolute atomic E-state index is 0.304. The van der Waals surface area contributed by atoms with Gasteiger partial charge in [0.25, 0.3) is 0 Å². The maximum Gasteiger partial charge on any atom is 0.163 e. The van der Waals surface area contributed by atoms with Gasteiger partial charge in [0, 0.05) is 12.0 Å². The van der Waals surface area contributed by atoms with Gasteiger partial charge >= 0.3 is 0 Å². The number of Topliss-reactive ketones (excluding diaryl/α,β-unsaturated/α-hetero) is 1. The van der Waals surface area contributed by atoms with E-state index in [2.05, 4.69) is 25.1 Å². The first-order valence-electron chi connectivity index (χ1n) is 5.32. The molecular formula is C14H12O. The Morgan fingerprint density at radius 3 is 2.60 bits per heavy atom. The molecule has 0 N–H and O–H groups in total. The van der Waals surface area contributed by atoms with Crippen molar-refractivity contribution in [1.82, 2.24) is 0 Å². The molecule has 3 rings (SSSR count). The quantitative estimate of drug-likeness (QED) is 0.632. The van der Waals surface area contributed by atoms with Gasteiger partial charge in [-0.3, -0.25) is 4.79 Å². The standard InChI is InChI=1S/C14H12O/c1-9-8-13-12(6-7-14(13)15)11-5-3-2-4-10(9)11/h2-5,8H,6-7H2,1H3. The first kappa shape index (κ1) is 8.66. The van der Waals surface area contributed by atoms with Crippen LogP contribution in [0.3, 0.4) is 0 Å². The topological polar surface area (TPSA) is 17.1 Å². The molecule has 0 saturated heterocycles. The summed E-state index contributed by atoms with van der Waals surface area (Å²) in [5.74, 6) is 0.304. The third kappa shape index (κ3) is 1.13. The fourth-order valence-corrected chi connectivity index (χ4v) is 2.51. The molecule has 1 aliphatic carbocycles. The molecule has 0 spiro atoms. The Hall–Kier alpha value is -1.63. The van der Waals surface area contributed by atoms with E-state index < -0.39 is 0 Å². The molecule has 0 heterocycles. The maximum absolute atomic E-state index is 11.7. The number of hydrogen-bond acceptors (Lipinski definition) is 1. The first-order valence-corrected chi connectivity index (χ1v) is 5.32. The molecule has 1 aliphatic rings. The summed E-state index contributed by atoms with van der Waals surface area (Å²) >= 11 is 0. The lowest BCUT2D eigenvalue weighted by Gasteiger charge is -2.07. The molecular weight excluding hydrogens is 184 g/mol. The lowest BCUT2D eigenvalue weighted by atomic mass is 9.97. The summed E-state index contributed by atoms with van der Waals surface area (Å²) in [5, 5.41) is 2.55. The number of ketones is 1. The average Bonchev–Trinajstić information content (AvgIpc) is 2.62. The molecule has 0 aromatic heterocycles. The Morgan fingerprint density at radius 1 is 1.07 bits per heavy atom. The van der Waals surface area contributed by atoms with E-state index in [0.717, 1.165) is 12.0 Å². The molecule has 2 aromatic rings. The van der Waals surface area contributed by atoms with Gasteiger partial charge < -0.3 is 0 Å². The van der Waals surface area contributed by atoms with Crippen LogP contribution < -0.4 is 0 Å². The predicted molar refractivity (Wildman–Crippen MR) is 61.3 cm³/mol. The average molecular weight is 196 g/mol. The highest BCUT2D eigenvalue weighted by atomic mass is 16.1. The number of fused-ring (bicyclic) bond motifs is 3. The summed E-state index contributed by atoms with van der Waals surface area (Å²) in [4.78, 5) is 11.7. The van der Waals surface area contributed by atoms with Crippen molar-refractivity contribution in [3.63, 3.8) is 0 Å². The van der Waals surface area contributed by atoms with E-state index in [1.807, 2.05) is 12.1 Å². The highest BCUT2D eigenvalue weighted by Gasteiger charge is 2.21. The molecule has 0 aliphatic heterocycles. The number of carbonyl (C=O) groups excluding carboxylic acids is 1. The van der Waals surface area contributed by atoms with Crippen LogP contribution in [0.2, 0.25) is 0 Å². The lowest BCUT2D eigenvalue weighted by molar-refractivity contribution is 0.0994. The fourth-order valence-electron chi connectivity index (χ4n) is 2.51. The SMILES string of the molecule is Cc1cc2c(c3ccccc13)CCC2=O. The minimum Gasteiger partial charge on any atom is -0.294 e. The van der Waals surface area contributed by atoms with Gasteiger partial charge in [0.1, 0.15) is 0 Å². The molecule has 0 fully saturated rings. The zero-order valence-electron chi connectivity index (χ0n) is 8.71. The van der Waals surface area contributed by atoms with Crippen molar-refractivity contribution in [1.29, 1.82) is 0 Å². The van der Waals surface area contributed by atoms with Gasteiger partial charge in [0.05, 0.1) is 0 Å². The lowest BCUT2D eigenvalue weighted by Crippen LogP contribution is -1.93. The van der Waals surface area contributed by atoms with Crippen LogP contribution in [0.5, 0.6) is 0 Å². The van der Waals surface area contributed by atoms with Gasteiger partial charge in [-0.2, -0.15) is 0 Å². The number of carbonyl (C=O) groups is 1. The Bertz CT molecular complexity index is 567. The molecule has 0 unspecified atom stereocenters. The molecule has 15 heavy (non-hydrogen) atoms. The number of rotatable bonds is 0. The van der Waals surface area contributed by atoms with Crippen molar-refractivity contribution in [2.24, 2.45) is 0 Å². The van der Waals surface area contributed by atoms with E-state index in [9.17, 15) is 4.79 Å². The monoisotopic (exact) mass is 196 g/mol. The summed E-state index contributed by atoms with van der Waals surface area (Å²) in [7, 11) is 0. The van der Waals surface area contributed by atoms with Crippen molar-refractivity contribution in [3.05, 3.63) is 47.0 Å². The summed E-state index contributed by atoms with van der Waals surface area (Å²) < 4.78 is 0. The second-order valence-corrected chi connectivity index (χ2v) is 4.19. The Morgan fingerprint density at radius 2 is 1.80 bits per heavy atom. The predicted octanol–water partition coefficient (Wildman–Crippen LogP) is 3.28. The molecule has 0 atom stereocenters. The van der Waals surface area contributed by atoms with Crippen LogP contribution in [0.25, 0.3) is 10.8 Å².